The van der Waals surface area contributed by atoms with Gasteiger partial charge in [-0.2, -0.15) is 0 Å². The summed E-state index contributed by atoms with van der Waals surface area (Å²) in [7, 11) is 4.12. The van der Waals surface area contributed by atoms with E-state index in [9.17, 15) is 4.79 Å². The fourth-order valence-electron chi connectivity index (χ4n) is 3.38. The molecule has 0 aliphatic heterocycles. The molecule has 0 spiro atoms. The third-order valence-electron chi connectivity index (χ3n) is 4.63. The van der Waals surface area contributed by atoms with Crippen molar-refractivity contribution in [2.45, 2.75) is 44.6 Å². The van der Waals surface area contributed by atoms with E-state index in [0.717, 1.165) is 24.8 Å². The summed E-state index contributed by atoms with van der Waals surface area (Å²) >= 11 is 2.30. The standard InChI is InChI=1S/C17H24INO/c1-13-5-4-10-17(12-13,19(2)3)16(20)11-14-6-8-15(18)9-7-14/h6-9,13H,4-5,10-12H2,1-3H3. The number of carbonyl (C=O) groups is 1. The molecule has 0 saturated heterocycles. The van der Waals surface area contributed by atoms with Crippen LogP contribution in [0.5, 0.6) is 0 Å². The molecular formula is C17H24INO. The van der Waals surface area contributed by atoms with E-state index in [2.05, 4.69) is 72.8 Å². The highest BCUT2D eigenvalue weighted by Crippen LogP contribution is 2.37. The van der Waals surface area contributed by atoms with Crippen molar-refractivity contribution < 1.29 is 4.79 Å². The van der Waals surface area contributed by atoms with Gasteiger partial charge in [-0.3, -0.25) is 9.69 Å². The quantitative estimate of drug-likeness (QED) is 0.733. The Bertz CT molecular complexity index is 468. The summed E-state index contributed by atoms with van der Waals surface area (Å²) < 4.78 is 1.22. The minimum atomic E-state index is -0.249. The number of ketones is 1. The number of likely N-dealkylation sites (N-methyl/N-ethyl adjacent to an activating group) is 1. The zero-order valence-electron chi connectivity index (χ0n) is 12.7. The van der Waals surface area contributed by atoms with E-state index in [0.29, 0.717) is 18.1 Å². The van der Waals surface area contributed by atoms with Gasteiger partial charge < -0.3 is 0 Å². The van der Waals surface area contributed by atoms with Crippen molar-refractivity contribution in [2.24, 2.45) is 5.92 Å². The topological polar surface area (TPSA) is 20.3 Å². The van der Waals surface area contributed by atoms with Gasteiger partial charge in [-0.25, -0.2) is 0 Å². The molecule has 1 fully saturated rings. The second-order valence-corrected chi connectivity index (χ2v) is 7.60. The molecular weight excluding hydrogens is 361 g/mol. The molecule has 0 aromatic heterocycles. The Balaban J connectivity index is 2.17. The van der Waals surface area contributed by atoms with Crippen LogP contribution in [0, 0.1) is 9.49 Å². The molecule has 0 amide bonds. The largest absolute Gasteiger partial charge is 0.297 e. The van der Waals surface area contributed by atoms with E-state index in [1.165, 1.54) is 9.99 Å². The van der Waals surface area contributed by atoms with Crippen molar-refractivity contribution in [1.29, 1.82) is 0 Å². The molecule has 2 unspecified atom stereocenters. The maximum atomic E-state index is 12.9. The Kier molecular flexibility index (Phi) is 5.24. The van der Waals surface area contributed by atoms with Crippen LogP contribution in [0.2, 0.25) is 0 Å². The fourth-order valence-corrected chi connectivity index (χ4v) is 3.74. The average Bonchev–Trinajstić information content (AvgIpc) is 2.41. The molecule has 110 valence electrons. The Morgan fingerprint density at radius 3 is 2.55 bits per heavy atom. The van der Waals surface area contributed by atoms with E-state index in [1.54, 1.807) is 0 Å². The summed E-state index contributed by atoms with van der Waals surface area (Å²) in [5.74, 6) is 1.03. The molecule has 1 aliphatic rings. The maximum absolute atomic E-state index is 12.9. The van der Waals surface area contributed by atoms with Gasteiger partial charge in [-0.05, 0) is 73.1 Å². The zero-order valence-corrected chi connectivity index (χ0v) is 14.8. The second-order valence-electron chi connectivity index (χ2n) is 6.35. The molecule has 3 heteroatoms. The molecule has 0 N–H and O–H groups in total. The minimum Gasteiger partial charge on any atom is -0.297 e. The van der Waals surface area contributed by atoms with Crippen molar-refractivity contribution in [1.82, 2.24) is 4.90 Å². The van der Waals surface area contributed by atoms with Gasteiger partial charge in [0.25, 0.3) is 0 Å². The van der Waals surface area contributed by atoms with E-state index in [-0.39, 0.29) is 5.54 Å². The summed E-state index contributed by atoms with van der Waals surface area (Å²) in [5.41, 5.74) is 0.885. The van der Waals surface area contributed by atoms with Crippen LogP contribution in [-0.4, -0.2) is 30.3 Å². The average molecular weight is 385 g/mol. The summed E-state index contributed by atoms with van der Waals surface area (Å²) in [6, 6.07) is 8.31. The normalized spacial score (nSPS) is 26.8. The van der Waals surface area contributed by atoms with Crippen LogP contribution in [0.15, 0.2) is 24.3 Å². The van der Waals surface area contributed by atoms with Crippen LogP contribution >= 0.6 is 22.6 Å². The molecule has 1 saturated carbocycles. The first-order valence-electron chi connectivity index (χ1n) is 7.39. The zero-order chi connectivity index (χ0) is 14.8. The number of rotatable bonds is 4. The first-order chi connectivity index (χ1) is 9.44. The molecule has 0 radical (unpaired) electrons. The number of hydrogen-bond acceptors (Lipinski definition) is 2. The lowest BCUT2D eigenvalue weighted by Gasteiger charge is -2.44. The van der Waals surface area contributed by atoms with Gasteiger partial charge in [0, 0.05) is 9.99 Å². The molecule has 0 bridgehead atoms. The maximum Gasteiger partial charge on any atom is 0.157 e. The van der Waals surface area contributed by atoms with E-state index < -0.39 is 0 Å². The molecule has 20 heavy (non-hydrogen) atoms. The number of carbonyl (C=O) groups excluding carboxylic acids is 1. The van der Waals surface area contributed by atoms with Gasteiger partial charge in [-0.15, -0.1) is 0 Å². The van der Waals surface area contributed by atoms with Gasteiger partial charge in [0.1, 0.15) is 0 Å². The van der Waals surface area contributed by atoms with Crippen LogP contribution in [-0.2, 0) is 11.2 Å². The molecule has 1 aromatic rings. The Labute approximate surface area is 136 Å². The van der Waals surface area contributed by atoms with E-state index in [4.69, 9.17) is 0 Å². The lowest BCUT2D eigenvalue weighted by atomic mass is 9.72. The number of hydrogen-bond donors (Lipinski definition) is 0. The van der Waals surface area contributed by atoms with Gasteiger partial charge in [0.15, 0.2) is 5.78 Å². The summed E-state index contributed by atoms with van der Waals surface area (Å²) in [5, 5.41) is 0. The van der Waals surface area contributed by atoms with Crippen LogP contribution in [0.3, 0.4) is 0 Å². The predicted molar refractivity (Wildman–Crippen MR) is 91.9 cm³/mol. The lowest BCUT2D eigenvalue weighted by Crippen LogP contribution is -2.54. The summed E-state index contributed by atoms with van der Waals surface area (Å²) in [4.78, 5) is 15.1. The minimum absolute atomic E-state index is 0.249. The van der Waals surface area contributed by atoms with Gasteiger partial charge in [0.2, 0.25) is 0 Å². The van der Waals surface area contributed by atoms with Crippen molar-refractivity contribution in [2.75, 3.05) is 14.1 Å². The van der Waals surface area contributed by atoms with Crippen LogP contribution in [0.4, 0.5) is 0 Å². The van der Waals surface area contributed by atoms with Crippen molar-refractivity contribution in [3.8, 4) is 0 Å². The Morgan fingerprint density at radius 2 is 2.00 bits per heavy atom. The molecule has 0 heterocycles. The van der Waals surface area contributed by atoms with E-state index >= 15 is 0 Å². The SMILES string of the molecule is CC1CCCC(C(=O)Cc2ccc(I)cc2)(N(C)C)C1. The lowest BCUT2D eigenvalue weighted by molar-refractivity contribution is -0.132. The first-order valence-corrected chi connectivity index (χ1v) is 8.47. The third-order valence-corrected chi connectivity index (χ3v) is 5.35. The van der Waals surface area contributed by atoms with Gasteiger partial charge in [-0.1, -0.05) is 31.9 Å². The highest BCUT2D eigenvalue weighted by molar-refractivity contribution is 14.1. The highest BCUT2D eigenvalue weighted by Gasteiger charge is 2.42. The Morgan fingerprint density at radius 1 is 1.35 bits per heavy atom. The van der Waals surface area contributed by atoms with Crippen LogP contribution in [0.25, 0.3) is 0 Å². The molecule has 2 nitrogen and oxygen atoms in total. The Hall–Kier alpha value is -0.420. The second kappa shape index (κ2) is 6.56. The molecule has 2 rings (SSSR count). The predicted octanol–water partition coefficient (Wildman–Crippen LogP) is 3.91. The van der Waals surface area contributed by atoms with Crippen molar-refractivity contribution >= 4 is 28.4 Å². The van der Waals surface area contributed by atoms with Gasteiger partial charge in [0.05, 0.1) is 5.54 Å². The first kappa shape index (κ1) is 16.0. The van der Waals surface area contributed by atoms with E-state index in [1.807, 2.05) is 0 Å². The van der Waals surface area contributed by atoms with Crippen molar-refractivity contribution in [3.05, 3.63) is 33.4 Å². The van der Waals surface area contributed by atoms with Crippen LogP contribution < -0.4 is 0 Å². The van der Waals surface area contributed by atoms with Crippen LogP contribution in [0.1, 0.15) is 38.2 Å². The fraction of sp³-hybridized carbons (Fsp3) is 0.588. The number of nitrogens with zero attached hydrogens (tertiary/aromatic N) is 1. The molecule has 2 atom stereocenters. The summed E-state index contributed by atoms with van der Waals surface area (Å²) in [6.45, 7) is 2.27. The molecule has 1 aliphatic carbocycles. The number of benzene rings is 1. The summed E-state index contributed by atoms with van der Waals surface area (Å²) in [6.07, 6.45) is 4.99. The smallest absolute Gasteiger partial charge is 0.157 e. The monoisotopic (exact) mass is 385 g/mol. The molecule has 1 aromatic carbocycles. The van der Waals surface area contributed by atoms with Gasteiger partial charge >= 0.3 is 0 Å². The number of Topliss-reactive ketones (excluding diaryl/α,β-unsaturated/α-hetero) is 1. The van der Waals surface area contributed by atoms with Crippen molar-refractivity contribution in [3.63, 3.8) is 0 Å². The third kappa shape index (κ3) is 3.42. The highest BCUT2D eigenvalue weighted by atomic mass is 127. The number of halogens is 1.